The second kappa shape index (κ2) is 5.85. The van der Waals surface area contributed by atoms with Crippen molar-refractivity contribution in [2.75, 3.05) is 0 Å². The number of halogens is 2. The maximum atomic E-state index is 13.3. The molecule has 1 nitrogen and oxygen atoms in total. The Kier molecular flexibility index (Phi) is 4.38. The number of hydrogen-bond donors (Lipinski definition) is 1. The van der Waals surface area contributed by atoms with Gasteiger partial charge < -0.3 is 5.11 Å². The topological polar surface area (TPSA) is 20.2 Å². The molecule has 0 aliphatic carbocycles. The van der Waals surface area contributed by atoms with Crippen molar-refractivity contribution in [1.82, 2.24) is 0 Å². The first kappa shape index (κ1) is 14.2. The molecule has 2 aromatic rings. The summed E-state index contributed by atoms with van der Waals surface area (Å²) < 4.78 is 14.0. The van der Waals surface area contributed by atoms with Gasteiger partial charge in [-0.3, -0.25) is 0 Å². The summed E-state index contributed by atoms with van der Waals surface area (Å²) in [5.74, 6) is -0.295. The maximum Gasteiger partial charge on any atom is 0.124 e. The van der Waals surface area contributed by atoms with Crippen LogP contribution in [-0.2, 0) is 6.42 Å². The van der Waals surface area contributed by atoms with Crippen LogP contribution >= 0.6 is 15.9 Å². The predicted octanol–water partition coefficient (Wildman–Crippen LogP) is 4.48. The minimum Gasteiger partial charge on any atom is -0.388 e. The summed E-state index contributed by atoms with van der Waals surface area (Å²) in [5, 5.41) is 10.2. The quantitative estimate of drug-likeness (QED) is 0.883. The van der Waals surface area contributed by atoms with Crippen molar-refractivity contribution in [2.45, 2.75) is 26.4 Å². The van der Waals surface area contributed by atoms with Crippen LogP contribution in [0.4, 0.5) is 4.39 Å². The van der Waals surface area contributed by atoms with Gasteiger partial charge in [-0.15, -0.1) is 0 Å². The molecule has 0 amide bonds. The van der Waals surface area contributed by atoms with Gasteiger partial charge >= 0.3 is 0 Å². The number of hydrogen-bond acceptors (Lipinski definition) is 1. The Hall–Kier alpha value is -1.19. The van der Waals surface area contributed by atoms with E-state index in [1.54, 1.807) is 0 Å². The summed E-state index contributed by atoms with van der Waals surface area (Å²) in [6.45, 7) is 4.06. The zero-order valence-corrected chi connectivity index (χ0v) is 12.5. The molecule has 1 unspecified atom stereocenters. The third-order valence-corrected chi connectivity index (χ3v) is 3.72. The fourth-order valence-corrected chi connectivity index (χ4v) is 2.55. The van der Waals surface area contributed by atoms with Crippen LogP contribution < -0.4 is 0 Å². The van der Waals surface area contributed by atoms with Gasteiger partial charge in [-0.25, -0.2) is 4.39 Å². The largest absolute Gasteiger partial charge is 0.388 e. The van der Waals surface area contributed by atoms with E-state index in [0.717, 1.165) is 16.7 Å². The zero-order valence-electron chi connectivity index (χ0n) is 11.0. The molecular formula is C16H16BrFO. The molecule has 0 radical (unpaired) electrons. The Balaban J connectivity index is 2.20. The Morgan fingerprint density at radius 3 is 2.47 bits per heavy atom. The van der Waals surface area contributed by atoms with Crippen LogP contribution in [0, 0.1) is 19.7 Å². The van der Waals surface area contributed by atoms with Gasteiger partial charge in [-0.1, -0.05) is 34.1 Å². The van der Waals surface area contributed by atoms with Crippen LogP contribution in [0.3, 0.4) is 0 Å². The van der Waals surface area contributed by atoms with E-state index in [4.69, 9.17) is 0 Å². The fraction of sp³-hybridized carbons (Fsp3) is 0.250. The van der Waals surface area contributed by atoms with Gasteiger partial charge in [-0.05, 0) is 54.3 Å². The van der Waals surface area contributed by atoms with Crippen molar-refractivity contribution < 1.29 is 9.50 Å². The van der Waals surface area contributed by atoms with Gasteiger partial charge in [0, 0.05) is 10.9 Å². The number of aliphatic hydroxyl groups excluding tert-OH is 1. The van der Waals surface area contributed by atoms with Gasteiger partial charge in [-0.2, -0.15) is 0 Å². The first-order chi connectivity index (χ1) is 8.95. The van der Waals surface area contributed by atoms with E-state index in [1.807, 2.05) is 38.1 Å². The van der Waals surface area contributed by atoms with Crippen LogP contribution in [0.15, 0.2) is 40.9 Å². The molecular weight excluding hydrogens is 307 g/mol. The SMILES string of the molecule is Cc1ccc(C(O)Cc2cc(F)cc(Br)c2)cc1C. The molecule has 19 heavy (non-hydrogen) atoms. The van der Waals surface area contributed by atoms with E-state index in [9.17, 15) is 9.50 Å². The Morgan fingerprint density at radius 2 is 1.84 bits per heavy atom. The molecule has 0 aliphatic heterocycles. The van der Waals surface area contributed by atoms with Crippen molar-refractivity contribution >= 4 is 15.9 Å². The number of rotatable bonds is 3. The second-order valence-corrected chi connectivity index (χ2v) is 5.76. The lowest BCUT2D eigenvalue weighted by Gasteiger charge is -2.13. The Morgan fingerprint density at radius 1 is 1.11 bits per heavy atom. The van der Waals surface area contributed by atoms with E-state index >= 15 is 0 Å². The van der Waals surface area contributed by atoms with E-state index in [1.165, 1.54) is 17.7 Å². The highest BCUT2D eigenvalue weighted by Gasteiger charge is 2.10. The third kappa shape index (κ3) is 3.64. The molecule has 3 heteroatoms. The minimum atomic E-state index is -0.618. The molecule has 1 atom stereocenters. The lowest BCUT2D eigenvalue weighted by molar-refractivity contribution is 0.178. The fourth-order valence-electron chi connectivity index (χ4n) is 2.04. The third-order valence-electron chi connectivity index (χ3n) is 3.27. The molecule has 0 heterocycles. The Bertz CT molecular complexity index is 575. The number of aliphatic hydroxyl groups is 1. The van der Waals surface area contributed by atoms with Gasteiger partial charge in [0.1, 0.15) is 5.82 Å². The summed E-state index contributed by atoms with van der Waals surface area (Å²) in [7, 11) is 0. The Labute approximate surface area is 121 Å². The van der Waals surface area contributed by atoms with Gasteiger partial charge in [0.25, 0.3) is 0 Å². The second-order valence-electron chi connectivity index (χ2n) is 4.84. The summed E-state index contributed by atoms with van der Waals surface area (Å²) in [5.41, 5.74) is 3.99. The first-order valence-electron chi connectivity index (χ1n) is 6.16. The predicted molar refractivity (Wildman–Crippen MR) is 78.7 cm³/mol. The molecule has 100 valence electrons. The van der Waals surface area contributed by atoms with Gasteiger partial charge in [0.15, 0.2) is 0 Å². The normalized spacial score (nSPS) is 12.5. The average Bonchev–Trinajstić information content (AvgIpc) is 2.31. The molecule has 1 N–H and O–H groups in total. The van der Waals surface area contributed by atoms with Gasteiger partial charge in [0.05, 0.1) is 6.10 Å². The molecule has 0 aromatic heterocycles. The molecule has 0 bridgehead atoms. The minimum absolute atomic E-state index is 0.295. The van der Waals surface area contributed by atoms with Crippen LogP contribution in [0.2, 0.25) is 0 Å². The van der Waals surface area contributed by atoms with E-state index in [2.05, 4.69) is 15.9 Å². The van der Waals surface area contributed by atoms with Crippen molar-refractivity contribution in [2.24, 2.45) is 0 Å². The summed E-state index contributed by atoms with van der Waals surface area (Å²) in [6.07, 6.45) is -0.216. The molecule has 0 aliphatic rings. The van der Waals surface area contributed by atoms with E-state index in [-0.39, 0.29) is 5.82 Å². The monoisotopic (exact) mass is 322 g/mol. The average molecular weight is 323 g/mol. The molecule has 2 rings (SSSR count). The summed E-state index contributed by atoms with van der Waals surface area (Å²) in [6, 6.07) is 10.6. The van der Waals surface area contributed by atoms with Crippen molar-refractivity contribution in [1.29, 1.82) is 0 Å². The van der Waals surface area contributed by atoms with Crippen LogP contribution in [-0.4, -0.2) is 5.11 Å². The maximum absolute atomic E-state index is 13.3. The van der Waals surface area contributed by atoms with E-state index in [0.29, 0.717) is 10.9 Å². The highest BCUT2D eigenvalue weighted by molar-refractivity contribution is 9.10. The van der Waals surface area contributed by atoms with Crippen molar-refractivity contribution in [3.8, 4) is 0 Å². The van der Waals surface area contributed by atoms with Crippen LogP contribution in [0.25, 0.3) is 0 Å². The highest BCUT2D eigenvalue weighted by atomic mass is 79.9. The number of aryl methyl sites for hydroxylation is 2. The summed E-state index contributed by atoms with van der Waals surface area (Å²) in [4.78, 5) is 0. The van der Waals surface area contributed by atoms with Crippen LogP contribution in [0.1, 0.15) is 28.4 Å². The standard InChI is InChI=1S/C16H16BrFO/c1-10-3-4-13(5-11(10)2)16(19)8-12-6-14(17)9-15(18)7-12/h3-7,9,16,19H,8H2,1-2H3. The zero-order chi connectivity index (χ0) is 14.0. The molecule has 2 aromatic carbocycles. The molecule has 0 saturated heterocycles. The van der Waals surface area contributed by atoms with Crippen LogP contribution in [0.5, 0.6) is 0 Å². The summed E-state index contributed by atoms with van der Waals surface area (Å²) >= 11 is 3.26. The van der Waals surface area contributed by atoms with Crippen molar-refractivity contribution in [3.63, 3.8) is 0 Å². The smallest absolute Gasteiger partial charge is 0.124 e. The number of benzene rings is 2. The molecule has 0 saturated carbocycles. The molecule has 0 spiro atoms. The lowest BCUT2D eigenvalue weighted by Crippen LogP contribution is -2.03. The van der Waals surface area contributed by atoms with Crippen molar-refractivity contribution in [3.05, 3.63) is 68.9 Å². The first-order valence-corrected chi connectivity index (χ1v) is 6.95. The lowest BCUT2D eigenvalue weighted by atomic mass is 9.98. The molecule has 0 fully saturated rings. The van der Waals surface area contributed by atoms with Gasteiger partial charge in [0.2, 0.25) is 0 Å². The van der Waals surface area contributed by atoms with E-state index < -0.39 is 6.10 Å². The highest BCUT2D eigenvalue weighted by Crippen LogP contribution is 2.23.